The summed E-state index contributed by atoms with van der Waals surface area (Å²) in [6.07, 6.45) is 2.24. The number of amides is 2. The van der Waals surface area contributed by atoms with Gasteiger partial charge < -0.3 is 10.2 Å². The minimum absolute atomic E-state index is 0.0116. The van der Waals surface area contributed by atoms with Crippen LogP contribution in [-0.2, 0) is 24.8 Å². The molecule has 8 nitrogen and oxygen atoms in total. The average Bonchev–Trinajstić information content (AvgIpc) is 3.68. The highest BCUT2D eigenvalue weighted by molar-refractivity contribution is 7.92. The SMILES string of the molecule is Cc1csc(C2(C(=O)N3CC(S(=O)(=O)c4ccccc4Cl)CC3C(=O)NC3(C#N)CC3)CC2)n1. The van der Waals surface area contributed by atoms with E-state index >= 15 is 0 Å². The van der Waals surface area contributed by atoms with Gasteiger partial charge in [-0.2, -0.15) is 5.26 Å². The van der Waals surface area contributed by atoms with Gasteiger partial charge >= 0.3 is 0 Å². The van der Waals surface area contributed by atoms with Crippen molar-refractivity contribution in [2.45, 2.75) is 66.2 Å². The lowest BCUT2D eigenvalue weighted by atomic mass is 10.1. The maximum atomic E-state index is 13.8. The zero-order valence-corrected chi connectivity index (χ0v) is 20.8. The second-order valence-corrected chi connectivity index (χ2v) is 12.8. The molecule has 2 aliphatic carbocycles. The van der Waals surface area contributed by atoms with Crippen molar-refractivity contribution in [2.75, 3.05) is 6.54 Å². The molecule has 34 heavy (non-hydrogen) atoms. The summed E-state index contributed by atoms with van der Waals surface area (Å²) in [7, 11) is -3.91. The molecule has 5 rings (SSSR count). The number of hydrogen-bond acceptors (Lipinski definition) is 7. The molecule has 0 radical (unpaired) electrons. The Morgan fingerprint density at radius 1 is 1.26 bits per heavy atom. The number of hydrogen-bond donors (Lipinski definition) is 1. The molecule has 1 N–H and O–H groups in total. The van der Waals surface area contributed by atoms with Gasteiger partial charge in [-0.3, -0.25) is 9.59 Å². The normalized spacial score (nSPS) is 24.3. The van der Waals surface area contributed by atoms with Gasteiger partial charge in [-0.25, -0.2) is 13.4 Å². The Balaban J connectivity index is 1.48. The summed E-state index contributed by atoms with van der Waals surface area (Å²) in [6.45, 7) is 1.74. The largest absolute Gasteiger partial charge is 0.336 e. The number of sulfone groups is 1. The van der Waals surface area contributed by atoms with Gasteiger partial charge in [0.1, 0.15) is 22.0 Å². The lowest BCUT2D eigenvalue weighted by Crippen LogP contribution is -2.51. The molecular weight excluding hydrogens is 496 g/mol. The van der Waals surface area contributed by atoms with Gasteiger partial charge in [-0.05, 0) is 51.2 Å². The minimum atomic E-state index is -3.91. The van der Waals surface area contributed by atoms with Crippen LogP contribution in [0.3, 0.4) is 0 Å². The van der Waals surface area contributed by atoms with E-state index in [9.17, 15) is 23.3 Å². The number of likely N-dealkylation sites (tertiary alicyclic amines) is 1. The van der Waals surface area contributed by atoms with E-state index in [2.05, 4.69) is 16.4 Å². The molecule has 178 valence electrons. The van der Waals surface area contributed by atoms with Gasteiger partial charge in [0.25, 0.3) is 0 Å². The quantitative estimate of drug-likeness (QED) is 0.627. The van der Waals surface area contributed by atoms with Crippen LogP contribution in [0.4, 0.5) is 0 Å². The van der Waals surface area contributed by atoms with E-state index in [0.29, 0.717) is 30.7 Å². The lowest BCUT2D eigenvalue weighted by molar-refractivity contribution is -0.140. The Kier molecular flexibility index (Phi) is 5.50. The maximum absolute atomic E-state index is 13.8. The van der Waals surface area contributed by atoms with Crippen LogP contribution in [0.2, 0.25) is 5.02 Å². The number of benzene rings is 1. The van der Waals surface area contributed by atoms with Crippen LogP contribution in [0.5, 0.6) is 0 Å². The summed E-state index contributed by atoms with van der Waals surface area (Å²) in [5.41, 5.74) is -0.916. The van der Waals surface area contributed by atoms with Crippen LogP contribution in [-0.4, -0.2) is 53.5 Å². The van der Waals surface area contributed by atoms with E-state index in [1.54, 1.807) is 12.1 Å². The molecule has 2 saturated carbocycles. The number of carbonyl (C=O) groups is 2. The fraction of sp³-hybridized carbons (Fsp3) is 0.478. The molecule has 1 aromatic carbocycles. The van der Waals surface area contributed by atoms with E-state index in [-0.39, 0.29) is 28.8 Å². The van der Waals surface area contributed by atoms with Gasteiger partial charge in [-0.1, -0.05) is 23.7 Å². The first-order valence-electron chi connectivity index (χ1n) is 11.1. The molecule has 1 aromatic heterocycles. The molecule has 2 amide bonds. The molecule has 0 spiro atoms. The summed E-state index contributed by atoms with van der Waals surface area (Å²) >= 11 is 7.59. The van der Waals surface area contributed by atoms with Gasteiger partial charge in [0, 0.05) is 17.6 Å². The van der Waals surface area contributed by atoms with E-state index in [1.807, 2.05) is 12.3 Å². The van der Waals surface area contributed by atoms with Gasteiger partial charge in [0.15, 0.2) is 9.84 Å². The van der Waals surface area contributed by atoms with E-state index in [1.165, 1.54) is 28.4 Å². The number of rotatable bonds is 6. The first-order chi connectivity index (χ1) is 16.1. The first kappa shape index (κ1) is 23.3. The van der Waals surface area contributed by atoms with E-state index < -0.39 is 38.0 Å². The van der Waals surface area contributed by atoms with Crippen molar-refractivity contribution in [1.82, 2.24) is 15.2 Å². The Hall–Kier alpha value is -2.48. The Morgan fingerprint density at radius 3 is 2.53 bits per heavy atom. The highest BCUT2D eigenvalue weighted by Gasteiger charge is 2.59. The molecular formula is C23H23ClN4O4S2. The fourth-order valence-corrected chi connectivity index (χ4v) is 7.82. The van der Waals surface area contributed by atoms with Crippen molar-refractivity contribution in [3.8, 4) is 6.07 Å². The van der Waals surface area contributed by atoms with Crippen LogP contribution in [0.1, 0.15) is 42.8 Å². The Morgan fingerprint density at radius 2 is 1.97 bits per heavy atom. The first-order valence-corrected chi connectivity index (χ1v) is 13.9. The van der Waals surface area contributed by atoms with Crippen LogP contribution in [0, 0.1) is 18.3 Å². The van der Waals surface area contributed by atoms with Crippen molar-refractivity contribution in [3.63, 3.8) is 0 Å². The number of aromatic nitrogens is 1. The predicted molar refractivity (Wildman–Crippen MR) is 126 cm³/mol. The minimum Gasteiger partial charge on any atom is -0.336 e. The zero-order valence-electron chi connectivity index (χ0n) is 18.5. The number of nitriles is 1. The monoisotopic (exact) mass is 518 g/mol. The van der Waals surface area contributed by atoms with Crippen molar-refractivity contribution < 1.29 is 18.0 Å². The molecule has 2 aromatic rings. The van der Waals surface area contributed by atoms with Crippen LogP contribution in [0.25, 0.3) is 0 Å². The molecule has 11 heteroatoms. The third-order valence-electron chi connectivity index (χ3n) is 6.92. The highest BCUT2D eigenvalue weighted by Crippen LogP contribution is 2.52. The molecule has 1 saturated heterocycles. The molecule has 0 bridgehead atoms. The maximum Gasteiger partial charge on any atom is 0.244 e. The number of nitrogens with one attached hydrogen (secondary N) is 1. The molecule has 3 fully saturated rings. The molecule has 2 unspecified atom stereocenters. The predicted octanol–water partition coefficient (Wildman–Crippen LogP) is 2.75. The van der Waals surface area contributed by atoms with Crippen molar-refractivity contribution in [2.24, 2.45) is 0 Å². The standard InChI is InChI=1S/C23H23ClN4O4S2/c1-14-12-33-20(26-14)23(8-9-23)21(30)28-11-15(34(31,32)18-5-3-2-4-16(18)24)10-17(28)19(29)27-22(13-25)6-7-22/h2-5,12,15,17H,6-11H2,1H3,(H,27,29). The van der Waals surface area contributed by atoms with Crippen LogP contribution < -0.4 is 5.32 Å². The summed E-state index contributed by atoms with van der Waals surface area (Å²) in [5.74, 6) is -0.768. The third kappa shape index (κ3) is 3.80. The highest BCUT2D eigenvalue weighted by atomic mass is 35.5. The number of aryl methyl sites for hydroxylation is 1. The molecule has 1 aliphatic heterocycles. The zero-order chi connectivity index (χ0) is 24.3. The number of thiazole rings is 1. The molecule has 3 aliphatic rings. The van der Waals surface area contributed by atoms with Gasteiger partial charge in [0.05, 0.1) is 21.2 Å². The van der Waals surface area contributed by atoms with Gasteiger partial charge in [0.2, 0.25) is 11.8 Å². The smallest absolute Gasteiger partial charge is 0.244 e. The lowest BCUT2D eigenvalue weighted by Gasteiger charge is -2.28. The van der Waals surface area contributed by atoms with Crippen molar-refractivity contribution in [1.29, 1.82) is 5.26 Å². The van der Waals surface area contributed by atoms with E-state index in [4.69, 9.17) is 11.6 Å². The average molecular weight is 519 g/mol. The fourth-order valence-electron chi connectivity index (χ4n) is 4.55. The number of halogens is 1. The van der Waals surface area contributed by atoms with Crippen molar-refractivity contribution >= 4 is 44.6 Å². The topological polar surface area (TPSA) is 120 Å². The summed E-state index contributed by atoms with van der Waals surface area (Å²) in [6, 6.07) is 7.31. The van der Waals surface area contributed by atoms with E-state index in [0.717, 1.165) is 5.69 Å². The van der Waals surface area contributed by atoms with Crippen LogP contribution >= 0.6 is 22.9 Å². The third-order valence-corrected chi connectivity index (χ3v) is 10.7. The molecule has 2 heterocycles. The Bertz CT molecular complexity index is 1320. The van der Waals surface area contributed by atoms with Crippen LogP contribution in [0.15, 0.2) is 34.5 Å². The second kappa shape index (κ2) is 8.04. The van der Waals surface area contributed by atoms with Gasteiger partial charge in [-0.15, -0.1) is 11.3 Å². The number of carbonyl (C=O) groups excluding carboxylic acids is 2. The summed E-state index contributed by atoms with van der Waals surface area (Å²) in [4.78, 5) is 32.9. The number of nitrogens with zero attached hydrogens (tertiary/aromatic N) is 3. The second-order valence-electron chi connectivity index (χ2n) is 9.37. The summed E-state index contributed by atoms with van der Waals surface area (Å²) in [5, 5.41) is 13.9. The Labute approximate surface area is 206 Å². The molecule has 2 atom stereocenters. The van der Waals surface area contributed by atoms with Crippen molar-refractivity contribution in [3.05, 3.63) is 45.4 Å². The summed E-state index contributed by atoms with van der Waals surface area (Å²) < 4.78 is 26.9.